The van der Waals surface area contributed by atoms with E-state index >= 15 is 0 Å². The van der Waals surface area contributed by atoms with Crippen LogP contribution in [0.3, 0.4) is 0 Å². The monoisotopic (exact) mass is 486 g/mol. The number of amides is 2. The Bertz CT molecular complexity index is 1070. The second-order valence-electron chi connectivity index (χ2n) is 9.09. The zero-order chi connectivity index (χ0) is 25.2. The lowest BCUT2D eigenvalue weighted by atomic mass is 9.98. The van der Waals surface area contributed by atoms with Gasteiger partial charge in [0.2, 0.25) is 5.91 Å². The highest BCUT2D eigenvalue weighted by molar-refractivity contribution is 5.82. The SMILES string of the molecule is CC[C@@H](CC(=O)NC(C1CC1)C(F)(F)C(=O)O)NC(=O)OCC1c2ccccc2-c2ccccc21. The van der Waals surface area contributed by atoms with Gasteiger partial charge in [-0.15, -0.1) is 0 Å². The maximum absolute atomic E-state index is 14.0. The predicted octanol–water partition coefficient (Wildman–Crippen LogP) is 4.31. The number of rotatable bonds is 10. The number of carbonyl (C=O) groups excluding carboxylic acids is 2. The van der Waals surface area contributed by atoms with Gasteiger partial charge in [0.05, 0.1) is 0 Å². The molecule has 0 spiro atoms. The zero-order valence-corrected chi connectivity index (χ0v) is 19.3. The molecule has 2 aliphatic carbocycles. The van der Waals surface area contributed by atoms with Gasteiger partial charge in [0.1, 0.15) is 12.6 Å². The summed E-state index contributed by atoms with van der Waals surface area (Å²) in [5, 5.41) is 13.6. The van der Waals surface area contributed by atoms with Gasteiger partial charge in [-0.1, -0.05) is 55.5 Å². The summed E-state index contributed by atoms with van der Waals surface area (Å²) in [4.78, 5) is 35.9. The maximum Gasteiger partial charge on any atom is 0.407 e. The van der Waals surface area contributed by atoms with Crippen molar-refractivity contribution in [2.45, 2.75) is 56.5 Å². The number of halogens is 2. The van der Waals surface area contributed by atoms with E-state index < -0.39 is 41.9 Å². The summed E-state index contributed by atoms with van der Waals surface area (Å²) in [5.41, 5.74) is 4.34. The van der Waals surface area contributed by atoms with Gasteiger partial charge in [-0.25, -0.2) is 9.59 Å². The molecule has 0 aromatic heterocycles. The first-order valence-electron chi connectivity index (χ1n) is 11.7. The summed E-state index contributed by atoms with van der Waals surface area (Å²) in [6, 6.07) is 13.5. The van der Waals surface area contributed by atoms with Crippen LogP contribution >= 0.6 is 0 Å². The Kier molecular flexibility index (Phi) is 7.05. The third-order valence-corrected chi connectivity index (χ3v) is 6.68. The van der Waals surface area contributed by atoms with E-state index in [1.54, 1.807) is 6.92 Å². The second kappa shape index (κ2) is 10.0. The molecule has 2 atom stereocenters. The highest BCUT2D eigenvalue weighted by atomic mass is 19.3. The first-order valence-corrected chi connectivity index (χ1v) is 11.7. The van der Waals surface area contributed by atoms with Gasteiger partial charge in [0, 0.05) is 18.4 Å². The summed E-state index contributed by atoms with van der Waals surface area (Å²) in [6.07, 6.45) is 0.258. The molecule has 2 aliphatic rings. The van der Waals surface area contributed by atoms with Gasteiger partial charge in [-0.2, -0.15) is 8.78 Å². The number of nitrogens with one attached hydrogen (secondary N) is 2. The molecule has 0 radical (unpaired) electrons. The Balaban J connectivity index is 1.33. The standard InChI is InChI=1S/C26H28F2N2O5/c1-2-16(13-22(31)30-23(15-11-12-15)26(27,28)24(32)33)29-25(34)35-14-21-19-9-5-3-7-17(19)18-8-4-6-10-20(18)21/h3-10,15-16,21,23H,2,11-14H2,1H3,(H,29,34)(H,30,31)(H,32,33)/t16-,23?/m0/s1. The molecule has 1 unspecified atom stereocenters. The van der Waals surface area contributed by atoms with Gasteiger partial charge in [-0.05, 0) is 47.4 Å². The molecule has 0 aliphatic heterocycles. The van der Waals surface area contributed by atoms with E-state index in [0.717, 1.165) is 22.3 Å². The van der Waals surface area contributed by atoms with Crippen LogP contribution in [0.2, 0.25) is 0 Å². The van der Waals surface area contributed by atoms with E-state index in [4.69, 9.17) is 9.84 Å². The minimum Gasteiger partial charge on any atom is -0.477 e. The van der Waals surface area contributed by atoms with Crippen LogP contribution in [0.4, 0.5) is 13.6 Å². The molecular weight excluding hydrogens is 458 g/mol. The Hall–Kier alpha value is -3.49. The molecule has 7 nitrogen and oxygen atoms in total. The van der Waals surface area contributed by atoms with Crippen molar-refractivity contribution < 1.29 is 33.0 Å². The second-order valence-corrected chi connectivity index (χ2v) is 9.09. The number of carboxylic acid groups (broad SMARTS) is 1. The van der Waals surface area contributed by atoms with Crippen molar-refractivity contribution >= 4 is 18.0 Å². The number of alkyl carbamates (subject to hydrolysis) is 1. The highest BCUT2D eigenvalue weighted by Crippen LogP contribution is 2.44. The third kappa shape index (κ3) is 5.28. The fourth-order valence-electron chi connectivity index (χ4n) is 4.63. The molecule has 2 amide bonds. The molecule has 1 saturated carbocycles. The van der Waals surface area contributed by atoms with E-state index in [-0.39, 0.29) is 18.9 Å². The van der Waals surface area contributed by atoms with Crippen molar-refractivity contribution in [1.29, 1.82) is 0 Å². The molecule has 2 aromatic rings. The van der Waals surface area contributed by atoms with Gasteiger partial charge in [0.15, 0.2) is 0 Å². The smallest absolute Gasteiger partial charge is 0.407 e. The molecule has 3 N–H and O–H groups in total. The fourth-order valence-corrected chi connectivity index (χ4v) is 4.63. The molecule has 0 bridgehead atoms. The number of carbonyl (C=O) groups is 3. The molecule has 35 heavy (non-hydrogen) atoms. The molecule has 0 heterocycles. The van der Waals surface area contributed by atoms with E-state index in [1.807, 2.05) is 48.5 Å². The quantitative estimate of drug-likeness (QED) is 0.464. The summed E-state index contributed by atoms with van der Waals surface area (Å²) in [6.45, 7) is 1.85. The largest absolute Gasteiger partial charge is 0.477 e. The van der Waals surface area contributed by atoms with Crippen molar-refractivity contribution in [3.63, 3.8) is 0 Å². The molecule has 2 aromatic carbocycles. The van der Waals surface area contributed by atoms with Crippen LogP contribution in [-0.2, 0) is 14.3 Å². The summed E-state index contributed by atoms with van der Waals surface area (Å²) in [5.74, 6) is -7.75. The van der Waals surface area contributed by atoms with Crippen LogP contribution in [0.15, 0.2) is 48.5 Å². The number of carboxylic acids is 1. The Labute approximate surface area is 201 Å². The van der Waals surface area contributed by atoms with Gasteiger partial charge < -0.3 is 20.5 Å². The zero-order valence-electron chi connectivity index (χ0n) is 19.3. The predicted molar refractivity (Wildman–Crippen MR) is 124 cm³/mol. The average Bonchev–Trinajstić information content (AvgIpc) is 3.63. The van der Waals surface area contributed by atoms with Crippen molar-refractivity contribution in [1.82, 2.24) is 10.6 Å². The molecule has 9 heteroatoms. The number of hydrogen-bond acceptors (Lipinski definition) is 4. The number of benzene rings is 2. The van der Waals surface area contributed by atoms with E-state index in [0.29, 0.717) is 19.3 Å². The summed E-state index contributed by atoms with van der Waals surface area (Å²) >= 11 is 0. The van der Waals surface area contributed by atoms with Crippen LogP contribution in [0.1, 0.15) is 49.7 Å². The van der Waals surface area contributed by atoms with Crippen molar-refractivity contribution in [2.24, 2.45) is 5.92 Å². The third-order valence-electron chi connectivity index (χ3n) is 6.68. The minimum absolute atomic E-state index is 0.108. The Morgan fingerprint density at radius 2 is 1.60 bits per heavy atom. The number of aliphatic carboxylic acids is 1. The number of fused-ring (bicyclic) bond motifs is 3. The lowest BCUT2D eigenvalue weighted by Crippen LogP contribution is -2.54. The van der Waals surface area contributed by atoms with Crippen LogP contribution in [-0.4, -0.2) is 47.7 Å². The van der Waals surface area contributed by atoms with Crippen LogP contribution in [0.25, 0.3) is 11.1 Å². The lowest BCUT2D eigenvalue weighted by Gasteiger charge is -2.25. The number of hydrogen-bond donors (Lipinski definition) is 3. The fraction of sp³-hybridized carbons (Fsp3) is 0.423. The van der Waals surface area contributed by atoms with Crippen molar-refractivity contribution in [3.05, 3.63) is 59.7 Å². The molecule has 0 saturated heterocycles. The average molecular weight is 487 g/mol. The Morgan fingerprint density at radius 3 is 2.11 bits per heavy atom. The molecule has 186 valence electrons. The van der Waals surface area contributed by atoms with Gasteiger partial charge in [0.25, 0.3) is 0 Å². The van der Waals surface area contributed by atoms with Crippen molar-refractivity contribution in [3.8, 4) is 11.1 Å². The first-order chi connectivity index (χ1) is 16.7. The highest BCUT2D eigenvalue weighted by Gasteiger charge is 2.54. The topological polar surface area (TPSA) is 105 Å². The Morgan fingerprint density at radius 1 is 1.03 bits per heavy atom. The lowest BCUT2D eigenvalue weighted by molar-refractivity contribution is -0.171. The van der Waals surface area contributed by atoms with E-state index in [2.05, 4.69) is 10.6 Å². The molecular formula is C26H28F2N2O5. The van der Waals surface area contributed by atoms with Crippen LogP contribution in [0.5, 0.6) is 0 Å². The minimum atomic E-state index is -4.06. The molecule has 4 rings (SSSR count). The molecule has 1 fully saturated rings. The van der Waals surface area contributed by atoms with Gasteiger partial charge >= 0.3 is 18.0 Å². The first kappa shape index (κ1) is 24.6. The van der Waals surface area contributed by atoms with Crippen LogP contribution < -0.4 is 10.6 Å². The maximum atomic E-state index is 14.0. The van der Waals surface area contributed by atoms with E-state index in [9.17, 15) is 23.2 Å². The number of alkyl halides is 2. The summed E-state index contributed by atoms with van der Waals surface area (Å²) < 4.78 is 33.6. The number of ether oxygens (including phenoxy) is 1. The van der Waals surface area contributed by atoms with Gasteiger partial charge in [-0.3, -0.25) is 4.79 Å². The van der Waals surface area contributed by atoms with E-state index in [1.165, 1.54) is 0 Å². The normalized spacial score (nSPS) is 16.5. The van der Waals surface area contributed by atoms with Crippen LogP contribution in [0, 0.1) is 5.92 Å². The summed E-state index contributed by atoms with van der Waals surface area (Å²) in [7, 11) is 0. The van der Waals surface area contributed by atoms with Crippen molar-refractivity contribution in [2.75, 3.05) is 6.61 Å².